The number of hydrogen-bond acceptors (Lipinski definition) is 4. The van der Waals surface area contributed by atoms with Crippen molar-refractivity contribution in [1.82, 2.24) is 9.97 Å². The van der Waals surface area contributed by atoms with Gasteiger partial charge < -0.3 is 5.32 Å². The van der Waals surface area contributed by atoms with Crippen molar-refractivity contribution < 1.29 is 0 Å². The van der Waals surface area contributed by atoms with Gasteiger partial charge in [-0.15, -0.1) is 11.3 Å². The lowest BCUT2D eigenvalue weighted by atomic mass is 10.1. The minimum absolute atomic E-state index is 0.745. The number of nitrogens with one attached hydrogen (secondary N) is 1. The molecule has 4 rings (SSSR count). The van der Waals surface area contributed by atoms with Crippen LogP contribution < -0.4 is 5.32 Å². The van der Waals surface area contributed by atoms with E-state index in [1.807, 2.05) is 30.3 Å². The Morgan fingerprint density at radius 2 is 1.83 bits per heavy atom. The summed E-state index contributed by atoms with van der Waals surface area (Å²) >= 11 is 1.78. The lowest BCUT2D eigenvalue weighted by molar-refractivity contribution is 1.12. The molecule has 112 valence electrons. The highest BCUT2D eigenvalue weighted by Crippen LogP contribution is 2.27. The third kappa shape index (κ3) is 2.81. The molecule has 0 amide bonds. The molecule has 0 spiro atoms. The molecule has 23 heavy (non-hydrogen) atoms. The largest absolute Gasteiger partial charge is 0.365 e. The summed E-state index contributed by atoms with van der Waals surface area (Å²) in [5, 5.41) is 6.89. The maximum Gasteiger partial charge on any atom is 0.135 e. The van der Waals surface area contributed by atoms with Crippen LogP contribution in [0.15, 0.2) is 72.4 Å². The van der Waals surface area contributed by atoms with Crippen LogP contribution >= 0.6 is 11.3 Å². The van der Waals surface area contributed by atoms with Crippen molar-refractivity contribution in [3.05, 3.63) is 77.9 Å². The van der Waals surface area contributed by atoms with Crippen molar-refractivity contribution in [3.8, 4) is 11.3 Å². The number of pyridine rings is 2. The smallest absolute Gasteiger partial charge is 0.135 e. The maximum atomic E-state index is 4.49. The van der Waals surface area contributed by atoms with Crippen molar-refractivity contribution in [2.75, 3.05) is 5.32 Å². The molecule has 0 atom stereocenters. The minimum atomic E-state index is 0.745. The normalized spacial score (nSPS) is 10.8. The third-order valence-electron chi connectivity index (χ3n) is 3.76. The summed E-state index contributed by atoms with van der Waals surface area (Å²) < 4.78 is 1.33. The van der Waals surface area contributed by atoms with Crippen LogP contribution in [0.5, 0.6) is 0 Å². The second-order valence-corrected chi connectivity index (χ2v) is 6.14. The number of thiophene rings is 1. The maximum absolute atomic E-state index is 4.49. The van der Waals surface area contributed by atoms with Gasteiger partial charge in [0.05, 0.1) is 5.69 Å². The van der Waals surface area contributed by atoms with E-state index in [0.29, 0.717) is 0 Å². The van der Waals surface area contributed by atoms with Gasteiger partial charge in [0.25, 0.3) is 0 Å². The molecule has 0 saturated heterocycles. The standard InChI is InChI=1S/C19H15N3S/c1-2-10-20-17(8-1)16-7-4-11-21-19(16)22-13-15-6-3-5-14-9-12-23-18(14)15/h1-12H,13H2,(H,21,22). The van der Waals surface area contributed by atoms with Gasteiger partial charge in [-0.05, 0) is 46.7 Å². The molecule has 0 saturated carbocycles. The lowest BCUT2D eigenvalue weighted by Crippen LogP contribution is -2.03. The van der Waals surface area contributed by atoms with Gasteiger partial charge in [-0.2, -0.15) is 0 Å². The summed E-state index contributed by atoms with van der Waals surface area (Å²) in [5.41, 5.74) is 3.24. The molecule has 0 aliphatic heterocycles. The predicted molar refractivity (Wildman–Crippen MR) is 96.6 cm³/mol. The summed E-state index contributed by atoms with van der Waals surface area (Å²) in [6.45, 7) is 0.745. The van der Waals surface area contributed by atoms with Crippen LogP contribution in [0.25, 0.3) is 21.3 Å². The summed E-state index contributed by atoms with van der Waals surface area (Å²) in [6, 6.07) is 18.5. The van der Waals surface area contributed by atoms with E-state index in [2.05, 4.69) is 44.9 Å². The fourth-order valence-electron chi connectivity index (χ4n) is 2.65. The molecule has 3 aromatic heterocycles. The molecule has 0 unspecified atom stereocenters. The van der Waals surface area contributed by atoms with Crippen LogP contribution in [0.4, 0.5) is 5.82 Å². The molecule has 4 aromatic rings. The van der Waals surface area contributed by atoms with Gasteiger partial charge >= 0.3 is 0 Å². The molecule has 1 N–H and O–H groups in total. The number of nitrogens with zero attached hydrogens (tertiary/aromatic N) is 2. The zero-order valence-corrected chi connectivity index (χ0v) is 13.3. The minimum Gasteiger partial charge on any atom is -0.365 e. The summed E-state index contributed by atoms with van der Waals surface area (Å²) in [7, 11) is 0. The third-order valence-corrected chi connectivity index (χ3v) is 4.76. The van der Waals surface area contributed by atoms with Crippen LogP contribution in [0.2, 0.25) is 0 Å². The molecule has 0 aliphatic rings. The monoisotopic (exact) mass is 317 g/mol. The topological polar surface area (TPSA) is 37.8 Å². The molecule has 0 fully saturated rings. The average molecular weight is 317 g/mol. The summed E-state index contributed by atoms with van der Waals surface area (Å²) in [6.07, 6.45) is 3.61. The first-order chi connectivity index (χ1) is 11.4. The van der Waals surface area contributed by atoms with E-state index in [4.69, 9.17) is 0 Å². The SMILES string of the molecule is c1ccc(-c2cccnc2NCc2cccc3ccsc23)nc1. The van der Waals surface area contributed by atoms with E-state index in [0.717, 1.165) is 23.6 Å². The summed E-state index contributed by atoms with van der Waals surface area (Å²) in [4.78, 5) is 8.92. The second-order valence-electron chi connectivity index (χ2n) is 5.22. The van der Waals surface area contributed by atoms with Gasteiger partial charge in [-0.3, -0.25) is 4.98 Å². The molecule has 4 heteroatoms. The van der Waals surface area contributed by atoms with Gasteiger partial charge in [0.15, 0.2) is 0 Å². The Kier molecular flexibility index (Phi) is 3.74. The van der Waals surface area contributed by atoms with E-state index in [1.54, 1.807) is 23.7 Å². The lowest BCUT2D eigenvalue weighted by Gasteiger charge is -2.11. The van der Waals surface area contributed by atoms with Crippen molar-refractivity contribution in [2.24, 2.45) is 0 Å². The number of hydrogen-bond donors (Lipinski definition) is 1. The Morgan fingerprint density at radius 1 is 0.870 bits per heavy atom. The van der Waals surface area contributed by atoms with Crippen LogP contribution in [0, 0.1) is 0 Å². The van der Waals surface area contributed by atoms with Crippen LogP contribution in [-0.4, -0.2) is 9.97 Å². The van der Waals surface area contributed by atoms with Gasteiger partial charge in [-0.25, -0.2) is 4.98 Å². The predicted octanol–water partition coefficient (Wildman–Crippen LogP) is 4.97. The number of anilines is 1. The van der Waals surface area contributed by atoms with Crippen molar-refractivity contribution in [2.45, 2.75) is 6.54 Å². The van der Waals surface area contributed by atoms with Crippen LogP contribution in [0.1, 0.15) is 5.56 Å². The zero-order valence-electron chi connectivity index (χ0n) is 12.4. The molecular formula is C19H15N3S. The van der Waals surface area contributed by atoms with Gasteiger partial charge in [0.1, 0.15) is 5.82 Å². The fraction of sp³-hybridized carbons (Fsp3) is 0.0526. The van der Waals surface area contributed by atoms with E-state index in [9.17, 15) is 0 Å². The highest BCUT2D eigenvalue weighted by atomic mass is 32.1. The van der Waals surface area contributed by atoms with Crippen molar-refractivity contribution in [3.63, 3.8) is 0 Å². The number of rotatable bonds is 4. The number of aromatic nitrogens is 2. The van der Waals surface area contributed by atoms with Crippen molar-refractivity contribution >= 4 is 27.2 Å². The zero-order chi connectivity index (χ0) is 15.5. The first kappa shape index (κ1) is 13.9. The van der Waals surface area contributed by atoms with E-state index < -0.39 is 0 Å². The number of fused-ring (bicyclic) bond motifs is 1. The van der Waals surface area contributed by atoms with Crippen LogP contribution in [-0.2, 0) is 6.54 Å². The van der Waals surface area contributed by atoms with Gasteiger partial charge in [0, 0.05) is 29.2 Å². The Hall–Kier alpha value is -2.72. The summed E-state index contributed by atoms with van der Waals surface area (Å²) in [5.74, 6) is 0.861. The molecule has 3 heterocycles. The Bertz CT molecular complexity index is 931. The molecule has 0 radical (unpaired) electrons. The molecule has 0 aliphatic carbocycles. The van der Waals surface area contributed by atoms with E-state index in [1.165, 1.54) is 15.6 Å². The molecule has 1 aromatic carbocycles. The van der Waals surface area contributed by atoms with Gasteiger partial charge in [0.2, 0.25) is 0 Å². The highest BCUT2D eigenvalue weighted by molar-refractivity contribution is 7.17. The highest BCUT2D eigenvalue weighted by Gasteiger charge is 2.08. The quantitative estimate of drug-likeness (QED) is 0.577. The van der Waals surface area contributed by atoms with E-state index >= 15 is 0 Å². The molecule has 3 nitrogen and oxygen atoms in total. The van der Waals surface area contributed by atoms with Gasteiger partial charge in [-0.1, -0.05) is 24.3 Å². The first-order valence-corrected chi connectivity index (χ1v) is 8.35. The van der Waals surface area contributed by atoms with Crippen molar-refractivity contribution in [1.29, 1.82) is 0 Å². The fourth-order valence-corrected chi connectivity index (χ4v) is 3.56. The second kappa shape index (κ2) is 6.18. The molecule has 0 bridgehead atoms. The number of benzene rings is 1. The molecular weight excluding hydrogens is 302 g/mol. The van der Waals surface area contributed by atoms with Crippen LogP contribution in [0.3, 0.4) is 0 Å². The Labute approximate surface area is 138 Å². The Balaban J connectivity index is 1.64. The Morgan fingerprint density at radius 3 is 2.74 bits per heavy atom. The average Bonchev–Trinajstić information content (AvgIpc) is 3.10. The first-order valence-electron chi connectivity index (χ1n) is 7.47. The van der Waals surface area contributed by atoms with E-state index in [-0.39, 0.29) is 0 Å².